The SMILES string of the molecule is Cc1cc(C[S+]([O-])Cc2nccn2C)ccc1C(=O)N[C@H](C)c1cc(-c2cnn(C)c2)nc2ccccc12. The number of hydrogen-bond donors (Lipinski definition) is 1. The number of rotatable bonds is 8. The predicted octanol–water partition coefficient (Wildman–Crippen LogP) is 4.62. The van der Waals surface area contributed by atoms with Gasteiger partial charge >= 0.3 is 0 Å². The molecule has 0 bridgehead atoms. The molecule has 2 aromatic carbocycles. The summed E-state index contributed by atoms with van der Waals surface area (Å²) < 4.78 is 16.3. The van der Waals surface area contributed by atoms with Gasteiger partial charge in [0.1, 0.15) is 5.75 Å². The Morgan fingerprint density at radius 1 is 1.13 bits per heavy atom. The van der Waals surface area contributed by atoms with Crippen LogP contribution in [0.3, 0.4) is 0 Å². The first-order valence-electron chi connectivity index (χ1n) is 12.4. The molecule has 0 radical (unpaired) electrons. The van der Waals surface area contributed by atoms with Gasteiger partial charge < -0.3 is 14.4 Å². The summed E-state index contributed by atoms with van der Waals surface area (Å²) >= 11 is -1.10. The van der Waals surface area contributed by atoms with Gasteiger partial charge in [-0.25, -0.2) is 9.97 Å². The zero-order valence-corrected chi connectivity index (χ0v) is 22.7. The highest BCUT2D eigenvalue weighted by Crippen LogP contribution is 2.29. The molecule has 5 aromatic rings. The smallest absolute Gasteiger partial charge is 0.252 e. The van der Waals surface area contributed by atoms with Crippen LogP contribution in [0.4, 0.5) is 0 Å². The molecule has 5 rings (SSSR count). The van der Waals surface area contributed by atoms with Gasteiger partial charge in [-0.15, -0.1) is 0 Å². The summed E-state index contributed by atoms with van der Waals surface area (Å²) in [6.45, 7) is 3.89. The average Bonchev–Trinajstić information content (AvgIpc) is 3.51. The van der Waals surface area contributed by atoms with Crippen molar-refractivity contribution in [3.8, 4) is 11.3 Å². The highest BCUT2D eigenvalue weighted by atomic mass is 32.2. The number of pyridine rings is 1. The second kappa shape index (κ2) is 10.8. The first-order chi connectivity index (χ1) is 18.3. The number of carbonyl (C=O) groups is 1. The molecule has 0 aliphatic rings. The lowest BCUT2D eigenvalue weighted by Gasteiger charge is -2.19. The number of aryl methyl sites for hydroxylation is 3. The zero-order chi connectivity index (χ0) is 26.8. The molecule has 38 heavy (non-hydrogen) atoms. The molecule has 2 atom stereocenters. The Kier molecular flexibility index (Phi) is 7.31. The van der Waals surface area contributed by atoms with Crippen LogP contribution in [-0.2, 0) is 36.8 Å². The van der Waals surface area contributed by atoms with Crippen molar-refractivity contribution in [2.75, 3.05) is 0 Å². The summed E-state index contributed by atoms with van der Waals surface area (Å²) in [5, 5.41) is 8.44. The van der Waals surface area contributed by atoms with Crippen LogP contribution in [0.25, 0.3) is 22.2 Å². The van der Waals surface area contributed by atoms with E-state index >= 15 is 0 Å². The molecule has 0 saturated carbocycles. The molecule has 0 fully saturated rings. The summed E-state index contributed by atoms with van der Waals surface area (Å²) in [6, 6.07) is 15.4. The van der Waals surface area contributed by atoms with E-state index in [0.717, 1.165) is 44.7 Å². The number of nitrogens with zero attached hydrogens (tertiary/aromatic N) is 5. The van der Waals surface area contributed by atoms with Crippen LogP contribution in [0.2, 0.25) is 0 Å². The van der Waals surface area contributed by atoms with Crippen LogP contribution < -0.4 is 5.32 Å². The van der Waals surface area contributed by atoms with Crippen molar-refractivity contribution in [2.45, 2.75) is 31.4 Å². The topological polar surface area (TPSA) is 101 Å². The van der Waals surface area contributed by atoms with E-state index in [1.165, 1.54) is 0 Å². The monoisotopic (exact) mass is 526 g/mol. The third-order valence-corrected chi connectivity index (χ3v) is 7.87. The van der Waals surface area contributed by atoms with Crippen LogP contribution in [0.1, 0.15) is 45.8 Å². The molecular weight excluding hydrogens is 496 g/mol. The first kappa shape index (κ1) is 25.7. The van der Waals surface area contributed by atoms with Gasteiger partial charge in [0, 0.05) is 54.8 Å². The normalized spacial score (nSPS) is 13.0. The number of imidazole rings is 1. The number of para-hydroxylation sites is 1. The van der Waals surface area contributed by atoms with Crippen molar-refractivity contribution in [3.63, 3.8) is 0 Å². The second-order valence-corrected chi connectivity index (χ2v) is 11.0. The fourth-order valence-corrected chi connectivity index (χ4v) is 5.82. The van der Waals surface area contributed by atoms with E-state index in [2.05, 4.69) is 15.4 Å². The van der Waals surface area contributed by atoms with Gasteiger partial charge in [-0.2, -0.15) is 5.10 Å². The quantitative estimate of drug-likeness (QED) is 0.298. The van der Waals surface area contributed by atoms with Gasteiger partial charge in [0.15, 0.2) is 11.6 Å². The summed E-state index contributed by atoms with van der Waals surface area (Å²) in [5.41, 5.74) is 5.96. The van der Waals surface area contributed by atoms with Crippen molar-refractivity contribution < 1.29 is 9.35 Å². The second-order valence-electron chi connectivity index (χ2n) is 9.54. The third kappa shape index (κ3) is 5.49. The fraction of sp³-hybridized carbons (Fsp3) is 0.241. The molecule has 1 N–H and O–H groups in total. The van der Waals surface area contributed by atoms with E-state index in [-0.39, 0.29) is 11.9 Å². The molecule has 0 spiro atoms. The Morgan fingerprint density at radius 3 is 2.66 bits per heavy atom. The van der Waals surface area contributed by atoms with Gasteiger partial charge in [-0.3, -0.25) is 9.48 Å². The maximum absolute atomic E-state index is 13.3. The summed E-state index contributed by atoms with van der Waals surface area (Å²) in [7, 11) is 3.77. The molecule has 0 aliphatic carbocycles. The lowest BCUT2D eigenvalue weighted by molar-refractivity contribution is 0.0939. The maximum Gasteiger partial charge on any atom is 0.252 e. The van der Waals surface area contributed by atoms with E-state index in [0.29, 0.717) is 17.1 Å². The van der Waals surface area contributed by atoms with Crippen LogP contribution in [0, 0.1) is 6.92 Å². The van der Waals surface area contributed by atoms with Crippen LogP contribution in [-0.4, -0.2) is 34.8 Å². The molecule has 0 saturated heterocycles. The number of hydrogen-bond acceptors (Lipinski definition) is 5. The molecule has 9 heteroatoms. The lowest BCUT2D eigenvalue weighted by atomic mass is 9.99. The van der Waals surface area contributed by atoms with E-state index in [9.17, 15) is 9.35 Å². The van der Waals surface area contributed by atoms with Crippen LogP contribution in [0.15, 0.2) is 73.3 Å². The Balaban J connectivity index is 1.33. The summed E-state index contributed by atoms with van der Waals surface area (Å²) in [6.07, 6.45) is 7.27. The fourth-order valence-electron chi connectivity index (χ4n) is 4.60. The average molecular weight is 527 g/mol. The number of amides is 1. The minimum Gasteiger partial charge on any atom is -0.616 e. The lowest BCUT2D eigenvalue weighted by Crippen LogP contribution is -2.27. The maximum atomic E-state index is 13.3. The highest BCUT2D eigenvalue weighted by molar-refractivity contribution is 7.89. The number of carbonyl (C=O) groups excluding carboxylic acids is 1. The van der Waals surface area contributed by atoms with E-state index < -0.39 is 11.2 Å². The molecule has 3 heterocycles. The number of fused-ring (bicyclic) bond motifs is 1. The third-order valence-electron chi connectivity index (χ3n) is 6.64. The predicted molar refractivity (Wildman–Crippen MR) is 150 cm³/mol. The molecule has 1 unspecified atom stereocenters. The van der Waals surface area contributed by atoms with Crippen molar-refractivity contribution >= 4 is 28.0 Å². The Morgan fingerprint density at radius 2 is 1.95 bits per heavy atom. The van der Waals surface area contributed by atoms with Crippen LogP contribution >= 0.6 is 0 Å². The van der Waals surface area contributed by atoms with Gasteiger partial charge in [0.05, 0.1) is 23.4 Å². The van der Waals surface area contributed by atoms with Gasteiger partial charge in [-0.1, -0.05) is 30.3 Å². The number of nitrogens with one attached hydrogen (secondary N) is 1. The van der Waals surface area contributed by atoms with Gasteiger partial charge in [-0.05, 0) is 54.3 Å². The molecule has 1 amide bonds. The highest BCUT2D eigenvalue weighted by Gasteiger charge is 2.19. The number of benzene rings is 2. The van der Waals surface area contributed by atoms with E-state index in [1.807, 2.05) is 93.4 Å². The van der Waals surface area contributed by atoms with Crippen molar-refractivity contribution in [1.82, 2.24) is 29.6 Å². The minimum absolute atomic E-state index is 0.153. The van der Waals surface area contributed by atoms with Crippen molar-refractivity contribution in [3.05, 3.63) is 101 Å². The summed E-state index contributed by atoms with van der Waals surface area (Å²) in [5.74, 6) is 1.44. The van der Waals surface area contributed by atoms with Crippen molar-refractivity contribution in [2.24, 2.45) is 14.1 Å². The number of aromatic nitrogens is 5. The van der Waals surface area contributed by atoms with Gasteiger partial charge in [0.25, 0.3) is 5.91 Å². The Hall–Kier alpha value is -3.95. The van der Waals surface area contributed by atoms with Crippen molar-refractivity contribution in [1.29, 1.82) is 0 Å². The van der Waals surface area contributed by atoms with Gasteiger partial charge in [0.2, 0.25) is 0 Å². The minimum atomic E-state index is -1.10. The molecular formula is C29H30N6O2S. The molecule has 194 valence electrons. The van der Waals surface area contributed by atoms with Crippen LogP contribution in [0.5, 0.6) is 0 Å². The van der Waals surface area contributed by atoms with E-state index in [4.69, 9.17) is 4.98 Å². The zero-order valence-electron chi connectivity index (χ0n) is 21.9. The Bertz CT molecular complexity index is 1610. The molecule has 0 aliphatic heterocycles. The largest absolute Gasteiger partial charge is 0.616 e. The molecule has 3 aromatic heterocycles. The Labute approximate surface area is 224 Å². The first-order valence-corrected chi connectivity index (χ1v) is 13.9. The summed E-state index contributed by atoms with van der Waals surface area (Å²) in [4.78, 5) is 22.4. The molecule has 8 nitrogen and oxygen atoms in total. The van der Waals surface area contributed by atoms with E-state index in [1.54, 1.807) is 17.1 Å². The standard InChI is InChI=1S/C29H30N6O2S/c1-19-13-21(17-38(37)18-28-30-11-12-34(28)3)9-10-23(19)29(36)32-20(2)25-14-27(22-15-31-35(4)16-22)33-26-8-6-5-7-24(25)26/h5-16,20H,17-18H2,1-4H3,(H,32,36)/t20-,38?/m1/s1.